The summed E-state index contributed by atoms with van der Waals surface area (Å²) in [5.74, 6) is 0.215. The van der Waals surface area contributed by atoms with Gasteiger partial charge in [-0.05, 0) is 29.2 Å². The molecule has 0 aliphatic rings. The van der Waals surface area contributed by atoms with Gasteiger partial charge in [0.15, 0.2) is 5.69 Å². The first-order valence-corrected chi connectivity index (χ1v) is 6.06. The van der Waals surface area contributed by atoms with E-state index in [2.05, 4.69) is 10.3 Å². The van der Waals surface area contributed by atoms with Crippen molar-refractivity contribution in [1.82, 2.24) is 15.0 Å². The summed E-state index contributed by atoms with van der Waals surface area (Å²) in [5, 5.41) is 15.9. The Morgan fingerprint density at radius 1 is 1.30 bits per heavy atom. The molecule has 0 radical (unpaired) electrons. The Bertz CT molecular complexity index is 605. The van der Waals surface area contributed by atoms with E-state index in [-0.39, 0.29) is 12.5 Å². The SMILES string of the molecule is CC(C)c1ccc(-n2cc(C(F)(F)F)nn2)cc1CO. The molecular formula is C13H14F3N3O. The smallest absolute Gasteiger partial charge is 0.392 e. The van der Waals surface area contributed by atoms with Gasteiger partial charge in [0.05, 0.1) is 18.5 Å². The van der Waals surface area contributed by atoms with Crippen molar-refractivity contribution in [2.75, 3.05) is 0 Å². The van der Waals surface area contributed by atoms with Crippen LogP contribution in [0.4, 0.5) is 13.2 Å². The molecule has 1 aromatic heterocycles. The molecule has 0 unspecified atom stereocenters. The minimum absolute atomic E-state index is 0.178. The monoisotopic (exact) mass is 285 g/mol. The van der Waals surface area contributed by atoms with Crippen LogP contribution in [-0.2, 0) is 12.8 Å². The van der Waals surface area contributed by atoms with Gasteiger partial charge < -0.3 is 5.11 Å². The molecule has 0 bridgehead atoms. The summed E-state index contributed by atoms with van der Waals surface area (Å²) < 4.78 is 38.5. The quantitative estimate of drug-likeness (QED) is 0.943. The lowest BCUT2D eigenvalue weighted by Gasteiger charge is -2.12. The van der Waals surface area contributed by atoms with E-state index in [4.69, 9.17) is 0 Å². The van der Waals surface area contributed by atoms with Crippen molar-refractivity contribution in [2.24, 2.45) is 0 Å². The number of aliphatic hydroxyl groups is 1. The second-order valence-electron chi connectivity index (χ2n) is 4.74. The maximum absolute atomic E-state index is 12.5. The fourth-order valence-corrected chi connectivity index (χ4v) is 1.95. The first-order valence-electron chi connectivity index (χ1n) is 6.06. The predicted octanol–water partition coefficient (Wildman–Crippen LogP) is 2.90. The van der Waals surface area contributed by atoms with Gasteiger partial charge in [0.25, 0.3) is 0 Å². The molecule has 0 saturated heterocycles. The number of hydrogen-bond acceptors (Lipinski definition) is 3. The summed E-state index contributed by atoms with van der Waals surface area (Å²) in [6.07, 6.45) is -3.69. The van der Waals surface area contributed by atoms with Gasteiger partial charge in [-0.1, -0.05) is 25.1 Å². The summed E-state index contributed by atoms with van der Waals surface area (Å²) in [4.78, 5) is 0. The molecule has 7 heteroatoms. The molecule has 20 heavy (non-hydrogen) atoms. The fraction of sp³-hybridized carbons (Fsp3) is 0.385. The molecule has 0 spiro atoms. The van der Waals surface area contributed by atoms with Crippen LogP contribution in [0.1, 0.15) is 36.6 Å². The van der Waals surface area contributed by atoms with E-state index in [1.54, 1.807) is 18.2 Å². The van der Waals surface area contributed by atoms with Gasteiger partial charge in [-0.3, -0.25) is 0 Å². The van der Waals surface area contributed by atoms with Gasteiger partial charge in [-0.2, -0.15) is 13.2 Å². The maximum atomic E-state index is 12.5. The third-order valence-corrected chi connectivity index (χ3v) is 2.97. The maximum Gasteiger partial charge on any atom is 0.436 e. The minimum atomic E-state index is -4.52. The summed E-state index contributed by atoms with van der Waals surface area (Å²) in [7, 11) is 0. The molecule has 1 N–H and O–H groups in total. The second kappa shape index (κ2) is 5.24. The van der Waals surface area contributed by atoms with Gasteiger partial charge in [0, 0.05) is 0 Å². The summed E-state index contributed by atoms with van der Waals surface area (Å²) in [6, 6.07) is 5.05. The molecule has 0 aliphatic carbocycles. The first kappa shape index (κ1) is 14.5. The highest BCUT2D eigenvalue weighted by Crippen LogP contribution is 2.28. The molecule has 4 nitrogen and oxygen atoms in total. The number of hydrogen-bond donors (Lipinski definition) is 1. The average molecular weight is 285 g/mol. The number of aromatic nitrogens is 3. The van der Waals surface area contributed by atoms with Crippen LogP contribution in [0, 0.1) is 0 Å². The van der Waals surface area contributed by atoms with Crippen molar-refractivity contribution in [3.8, 4) is 5.69 Å². The Labute approximate surface area is 113 Å². The van der Waals surface area contributed by atoms with Crippen LogP contribution >= 0.6 is 0 Å². The number of alkyl halides is 3. The molecule has 0 fully saturated rings. The molecular weight excluding hydrogens is 271 g/mol. The molecule has 0 amide bonds. The normalized spacial score (nSPS) is 12.2. The standard InChI is InChI=1S/C13H14F3N3O/c1-8(2)11-4-3-10(5-9(11)7-20)19-6-12(17-18-19)13(14,15)16/h3-6,8,20H,7H2,1-2H3. The third-order valence-electron chi connectivity index (χ3n) is 2.97. The van der Waals surface area contributed by atoms with E-state index in [0.29, 0.717) is 11.3 Å². The summed E-state index contributed by atoms with van der Waals surface area (Å²) in [5.41, 5.74) is 1.01. The molecule has 2 aromatic rings. The molecule has 108 valence electrons. The molecule has 0 saturated carbocycles. The zero-order chi connectivity index (χ0) is 14.9. The molecule has 0 atom stereocenters. The molecule has 1 aromatic carbocycles. The summed E-state index contributed by atoms with van der Waals surface area (Å²) in [6.45, 7) is 3.78. The molecule has 2 rings (SSSR count). The van der Waals surface area contributed by atoms with Gasteiger partial charge in [-0.15, -0.1) is 5.10 Å². The zero-order valence-electron chi connectivity index (χ0n) is 11.0. The first-order chi connectivity index (χ1) is 9.32. The van der Waals surface area contributed by atoms with E-state index in [0.717, 1.165) is 16.4 Å². The van der Waals surface area contributed by atoms with Gasteiger partial charge >= 0.3 is 6.18 Å². The number of halogens is 3. The Balaban J connectivity index is 2.41. The van der Waals surface area contributed by atoms with Crippen LogP contribution in [0.25, 0.3) is 5.69 Å². The molecule has 1 heterocycles. The van der Waals surface area contributed by atoms with Crippen LogP contribution in [0.3, 0.4) is 0 Å². The highest BCUT2D eigenvalue weighted by atomic mass is 19.4. The predicted molar refractivity (Wildman–Crippen MR) is 66.4 cm³/mol. The fourth-order valence-electron chi connectivity index (χ4n) is 1.95. The topological polar surface area (TPSA) is 50.9 Å². The Hall–Kier alpha value is -1.89. The highest BCUT2D eigenvalue weighted by Gasteiger charge is 2.34. The minimum Gasteiger partial charge on any atom is -0.392 e. The van der Waals surface area contributed by atoms with Crippen molar-refractivity contribution in [3.05, 3.63) is 41.2 Å². The number of benzene rings is 1. The lowest BCUT2D eigenvalue weighted by atomic mass is 9.97. The van der Waals surface area contributed by atoms with E-state index < -0.39 is 11.9 Å². The Morgan fingerprint density at radius 2 is 2.00 bits per heavy atom. The second-order valence-corrected chi connectivity index (χ2v) is 4.74. The lowest BCUT2D eigenvalue weighted by Crippen LogP contribution is -2.05. The van der Waals surface area contributed by atoms with Crippen molar-refractivity contribution in [1.29, 1.82) is 0 Å². The van der Waals surface area contributed by atoms with E-state index in [1.165, 1.54) is 0 Å². The van der Waals surface area contributed by atoms with Crippen molar-refractivity contribution in [3.63, 3.8) is 0 Å². The third kappa shape index (κ3) is 2.82. The molecule has 0 aliphatic heterocycles. The lowest BCUT2D eigenvalue weighted by molar-refractivity contribution is -0.141. The highest BCUT2D eigenvalue weighted by molar-refractivity contribution is 5.41. The number of aliphatic hydroxyl groups excluding tert-OH is 1. The van der Waals surface area contributed by atoms with Crippen LogP contribution in [-0.4, -0.2) is 20.1 Å². The average Bonchev–Trinajstić information content (AvgIpc) is 2.87. The van der Waals surface area contributed by atoms with E-state index in [1.807, 2.05) is 13.8 Å². The van der Waals surface area contributed by atoms with Gasteiger partial charge in [0.1, 0.15) is 0 Å². The Kier molecular flexibility index (Phi) is 3.80. The van der Waals surface area contributed by atoms with Gasteiger partial charge in [0.2, 0.25) is 0 Å². The van der Waals surface area contributed by atoms with Crippen LogP contribution in [0.2, 0.25) is 0 Å². The van der Waals surface area contributed by atoms with Crippen LogP contribution < -0.4 is 0 Å². The Morgan fingerprint density at radius 3 is 2.50 bits per heavy atom. The number of rotatable bonds is 3. The zero-order valence-corrected chi connectivity index (χ0v) is 11.0. The largest absolute Gasteiger partial charge is 0.436 e. The van der Waals surface area contributed by atoms with Crippen molar-refractivity contribution >= 4 is 0 Å². The summed E-state index contributed by atoms with van der Waals surface area (Å²) >= 11 is 0. The van der Waals surface area contributed by atoms with E-state index >= 15 is 0 Å². The van der Waals surface area contributed by atoms with E-state index in [9.17, 15) is 18.3 Å². The van der Waals surface area contributed by atoms with Gasteiger partial charge in [-0.25, -0.2) is 4.68 Å². The van der Waals surface area contributed by atoms with Crippen LogP contribution in [0.15, 0.2) is 24.4 Å². The van der Waals surface area contributed by atoms with Crippen molar-refractivity contribution < 1.29 is 18.3 Å². The number of nitrogens with zero attached hydrogens (tertiary/aromatic N) is 3. The van der Waals surface area contributed by atoms with Crippen molar-refractivity contribution in [2.45, 2.75) is 32.5 Å². The van der Waals surface area contributed by atoms with Crippen LogP contribution in [0.5, 0.6) is 0 Å².